The summed E-state index contributed by atoms with van der Waals surface area (Å²) in [4.78, 5) is 0. The van der Waals surface area contributed by atoms with Crippen molar-refractivity contribution in [1.29, 1.82) is 0 Å². The fourth-order valence-corrected chi connectivity index (χ4v) is 4.86. The lowest BCUT2D eigenvalue weighted by Gasteiger charge is -2.49. The molecular formula is C20H38O. The van der Waals surface area contributed by atoms with Crippen LogP contribution in [0, 0.1) is 29.6 Å². The number of rotatable bonds is 4. The van der Waals surface area contributed by atoms with E-state index >= 15 is 0 Å². The summed E-state index contributed by atoms with van der Waals surface area (Å²) in [6.45, 7) is 14.4. The zero-order chi connectivity index (χ0) is 15.6. The summed E-state index contributed by atoms with van der Waals surface area (Å²) >= 11 is 0. The molecule has 0 N–H and O–H groups in total. The van der Waals surface area contributed by atoms with Gasteiger partial charge in [-0.25, -0.2) is 0 Å². The number of hydrogen-bond acceptors (Lipinski definition) is 1. The molecule has 0 saturated heterocycles. The Balaban J connectivity index is 2.13. The molecule has 1 heteroatoms. The van der Waals surface area contributed by atoms with Crippen LogP contribution in [0.3, 0.4) is 0 Å². The summed E-state index contributed by atoms with van der Waals surface area (Å²) in [5.74, 6) is 3.85. The maximum absolute atomic E-state index is 7.00. The average Bonchev–Trinajstić information content (AvgIpc) is 2.38. The smallest absolute Gasteiger partial charge is 0.0711 e. The third-order valence-corrected chi connectivity index (χ3v) is 6.39. The van der Waals surface area contributed by atoms with E-state index in [1.54, 1.807) is 0 Å². The summed E-state index contributed by atoms with van der Waals surface area (Å²) in [6, 6.07) is 0. The first-order valence-electron chi connectivity index (χ1n) is 9.52. The van der Waals surface area contributed by atoms with Crippen LogP contribution in [0.25, 0.3) is 0 Å². The van der Waals surface area contributed by atoms with Crippen LogP contribution < -0.4 is 0 Å². The van der Waals surface area contributed by atoms with Crippen molar-refractivity contribution < 1.29 is 4.74 Å². The van der Waals surface area contributed by atoms with Gasteiger partial charge < -0.3 is 4.74 Å². The standard InChI is InChI=1S/C20H38O/c1-14(2)18-10-9-16(5)12-19(18)21-20(15(3)4)11-7-8-17(6)13-20/h14-19H,7-13H2,1-6H3. The molecule has 5 unspecified atom stereocenters. The van der Waals surface area contributed by atoms with Gasteiger partial charge in [0.25, 0.3) is 0 Å². The van der Waals surface area contributed by atoms with E-state index in [0.717, 1.165) is 23.7 Å². The van der Waals surface area contributed by atoms with Crippen molar-refractivity contribution >= 4 is 0 Å². The molecule has 21 heavy (non-hydrogen) atoms. The molecule has 0 aromatic heterocycles. The average molecular weight is 295 g/mol. The lowest BCUT2D eigenvalue weighted by molar-refractivity contribution is -0.180. The van der Waals surface area contributed by atoms with E-state index in [0.29, 0.717) is 12.0 Å². The molecule has 2 aliphatic rings. The topological polar surface area (TPSA) is 9.23 Å². The normalized spacial score (nSPS) is 41.7. The molecule has 0 spiro atoms. The zero-order valence-corrected chi connectivity index (χ0v) is 15.3. The van der Waals surface area contributed by atoms with Gasteiger partial charge in [0.05, 0.1) is 11.7 Å². The Hall–Kier alpha value is -0.0400. The van der Waals surface area contributed by atoms with Crippen LogP contribution in [0.5, 0.6) is 0 Å². The van der Waals surface area contributed by atoms with Gasteiger partial charge in [0, 0.05) is 0 Å². The molecule has 1 nitrogen and oxygen atoms in total. The minimum Gasteiger partial charge on any atom is -0.371 e. The molecule has 0 heterocycles. The Morgan fingerprint density at radius 1 is 0.952 bits per heavy atom. The van der Waals surface area contributed by atoms with Gasteiger partial charge in [-0.15, -0.1) is 0 Å². The van der Waals surface area contributed by atoms with Gasteiger partial charge in [0.1, 0.15) is 0 Å². The first kappa shape index (κ1) is 17.3. The van der Waals surface area contributed by atoms with E-state index in [9.17, 15) is 0 Å². The Kier molecular flexibility index (Phi) is 5.79. The van der Waals surface area contributed by atoms with Crippen LogP contribution in [0.1, 0.15) is 86.5 Å². The highest BCUT2D eigenvalue weighted by Gasteiger charge is 2.43. The molecule has 2 saturated carbocycles. The van der Waals surface area contributed by atoms with Crippen LogP contribution in [-0.2, 0) is 4.74 Å². The van der Waals surface area contributed by atoms with E-state index in [4.69, 9.17) is 4.74 Å². The molecule has 0 amide bonds. The van der Waals surface area contributed by atoms with E-state index < -0.39 is 0 Å². The Bertz CT molecular complexity index is 322. The van der Waals surface area contributed by atoms with Crippen LogP contribution in [0.2, 0.25) is 0 Å². The van der Waals surface area contributed by atoms with Crippen molar-refractivity contribution in [3.8, 4) is 0 Å². The summed E-state index contributed by atoms with van der Waals surface area (Å²) < 4.78 is 7.00. The van der Waals surface area contributed by atoms with Gasteiger partial charge in [0.2, 0.25) is 0 Å². The summed E-state index contributed by atoms with van der Waals surface area (Å²) in [7, 11) is 0. The fourth-order valence-electron chi connectivity index (χ4n) is 4.86. The summed E-state index contributed by atoms with van der Waals surface area (Å²) in [5, 5.41) is 0. The van der Waals surface area contributed by atoms with Crippen LogP contribution in [0.15, 0.2) is 0 Å². The molecule has 0 aliphatic heterocycles. The van der Waals surface area contributed by atoms with Crippen molar-refractivity contribution in [1.82, 2.24) is 0 Å². The van der Waals surface area contributed by atoms with Gasteiger partial charge in [-0.1, -0.05) is 60.8 Å². The van der Waals surface area contributed by atoms with E-state index in [1.165, 1.54) is 44.9 Å². The molecule has 2 rings (SSSR count). The lowest BCUT2D eigenvalue weighted by Crippen LogP contribution is -2.48. The predicted molar refractivity (Wildman–Crippen MR) is 91.4 cm³/mol. The zero-order valence-electron chi connectivity index (χ0n) is 15.3. The van der Waals surface area contributed by atoms with Crippen molar-refractivity contribution in [3.63, 3.8) is 0 Å². The maximum Gasteiger partial charge on any atom is 0.0711 e. The quantitative estimate of drug-likeness (QED) is 0.611. The Labute approximate surface area is 133 Å². The van der Waals surface area contributed by atoms with Gasteiger partial charge >= 0.3 is 0 Å². The van der Waals surface area contributed by atoms with E-state index in [-0.39, 0.29) is 5.60 Å². The largest absolute Gasteiger partial charge is 0.371 e. The highest BCUT2D eigenvalue weighted by Crippen LogP contribution is 2.45. The molecule has 2 aliphatic carbocycles. The summed E-state index contributed by atoms with van der Waals surface area (Å²) in [6.07, 6.45) is 9.86. The first-order chi connectivity index (χ1) is 9.84. The van der Waals surface area contributed by atoms with E-state index in [2.05, 4.69) is 41.5 Å². The van der Waals surface area contributed by atoms with Crippen molar-refractivity contribution in [2.24, 2.45) is 29.6 Å². The van der Waals surface area contributed by atoms with Crippen LogP contribution >= 0.6 is 0 Å². The second-order valence-electron chi connectivity index (χ2n) is 8.90. The molecule has 0 aromatic rings. The van der Waals surface area contributed by atoms with E-state index in [1.807, 2.05) is 0 Å². The molecule has 2 fully saturated rings. The van der Waals surface area contributed by atoms with Crippen molar-refractivity contribution in [2.75, 3.05) is 0 Å². The van der Waals surface area contributed by atoms with Gasteiger partial charge in [-0.2, -0.15) is 0 Å². The van der Waals surface area contributed by atoms with Crippen LogP contribution in [-0.4, -0.2) is 11.7 Å². The minimum absolute atomic E-state index is 0.159. The van der Waals surface area contributed by atoms with Gasteiger partial charge in [-0.05, 0) is 55.3 Å². The van der Waals surface area contributed by atoms with Gasteiger partial charge in [-0.3, -0.25) is 0 Å². The van der Waals surface area contributed by atoms with Crippen molar-refractivity contribution in [2.45, 2.75) is 98.2 Å². The maximum atomic E-state index is 7.00. The molecule has 0 bridgehead atoms. The molecule has 0 radical (unpaired) electrons. The highest BCUT2D eigenvalue weighted by atomic mass is 16.5. The highest BCUT2D eigenvalue weighted by molar-refractivity contribution is 4.93. The second kappa shape index (κ2) is 7.02. The predicted octanol–water partition coefficient (Wildman–Crippen LogP) is 6.07. The van der Waals surface area contributed by atoms with Crippen molar-refractivity contribution in [3.05, 3.63) is 0 Å². The Morgan fingerprint density at radius 3 is 2.24 bits per heavy atom. The third-order valence-electron chi connectivity index (χ3n) is 6.39. The second-order valence-corrected chi connectivity index (χ2v) is 8.90. The fraction of sp³-hybridized carbons (Fsp3) is 1.00. The summed E-state index contributed by atoms with van der Waals surface area (Å²) in [5.41, 5.74) is 0.159. The molecule has 124 valence electrons. The monoisotopic (exact) mass is 294 g/mol. The molecular weight excluding hydrogens is 256 g/mol. The minimum atomic E-state index is 0.159. The third kappa shape index (κ3) is 4.03. The lowest BCUT2D eigenvalue weighted by atomic mass is 9.71. The SMILES string of the molecule is CC1CCC(C(C)C)C(OC2(C(C)C)CCCC(C)C2)C1. The first-order valence-corrected chi connectivity index (χ1v) is 9.52. The molecule has 5 atom stereocenters. The van der Waals surface area contributed by atoms with Gasteiger partial charge in [0.15, 0.2) is 0 Å². The number of hydrogen-bond donors (Lipinski definition) is 0. The Morgan fingerprint density at radius 2 is 1.67 bits per heavy atom. The van der Waals surface area contributed by atoms with Crippen LogP contribution in [0.4, 0.5) is 0 Å². The molecule has 0 aromatic carbocycles. The number of ether oxygens (including phenoxy) is 1.